The van der Waals surface area contributed by atoms with Gasteiger partial charge in [0.1, 0.15) is 0 Å². The summed E-state index contributed by atoms with van der Waals surface area (Å²) in [6.07, 6.45) is 0. The van der Waals surface area contributed by atoms with Crippen molar-refractivity contribution in [1.82, 2.24) is 0 Å². The molecule has 0 radical (unpaired) electrons. The first kappa shape index (κ1) is 11.6. The van der Waals surface area contributed by atoms with Crippen LogP contribution in [0.1, 0.15) is 27.6 Å². The van der Waals surface area contributed by atoms with E-state index in [1.165, 1.54) is 5.56 Å². The van der Waals surface area contributed by atoms with Gasteiger partial charge in [0.05, 0.1) is 11.1 Å². The average molecular weight is 252 g/mol. The van der Waals surface area contributed by atoms with Gasteiger partial charge in [-0.2, -0.15) is 0 Å². The van der Waals surface area contributed by atoms with Crippen molar-refractivity contribution in [3.05, 3.63) is 56.2 Å². The van der Waals surface area contributed by atoms with E-state index in [-0.39, 0.29) is 6.04 Å². The van der Waals surface area contributed by atoms with Gasteiger partial charge in [-0.3, -0.25) is 0 Å². The van der Waals surface area contributed by atoms with Crippen LogP contribution in [-0.2, 0) is 0 Å². The summed E-state index contributed by atoms with van der Waals surface area (Å²) in [5.74, 6) is 0. The van der Waals surface area contributed by atoms with E-state index >= 15 is 0 Å². The minimum absolute atomic E-state index is 0.119. The number of thiophene rings is 1. The Bertz CT molecular complexity index is 504. The number of hydrogen-bond donors (Lipinski definition) is 1. The van der Waals surface area contributed by atoms with Crippen molar-refractivity contribution < 1.29 is 0 Å². The number of benzene rings is 1. The maximum atomic E-state index is 6.23. The van der Waals surface area contributed by atoms with E-state index in [2.05, 4.69) is 19.1 Å². The van der Waals surface area contributed by atoms with Crippen molar-refractivity contribution in [1.29, 1.82) is 0 Å². The van der Waals surface area contributed by atoms with Crippen molar-refractivity contribution in [3.63, 3.8) is 0 Å². The zero-order chi connectivity index (χ0) is 11.7. The molecule has 0 saturated heterocycles. The molecule has 1 aromatic carbocycles. The van der Waals surface area contributed by atoms with Crippen LogP contribution in [-0.4, -0.2) is 0 Å². The largest absolute Gasteiger partial charge is 0.320 e. The van der Waals surface area contributed by atoms with Crippen LogP contribution in [0, 0.1) is 13.8 Å². The molecule has 1 nitrogen and oxygen atoms in total. The molecule has 0 spiro atoms. The molecule has 0 bridgehead atoms. The van der Waals surface area contributed by atoms with Gasteiger partial charge in [0.25, 0.3) is 0 Å². The Labute approximate surface area is 105 Å². The van der Waals surface area contributed by atoms with Gasteiger partial charge >= 0.3 is 0 Å². The first-order valence-electron chi connectivity index (χ1n) is 5.15. The summed E-state index contributed by atoms with van der Waals surface area (Å²) >= 11 is 7.85. The lowest BCUT2D eigenvalue weighted by molar-refractivity contribution is 0.891. The third-order valence-corrected chi connectivity index (χ3v) is 4.41. The summed E-state index contributed by atoms with van der Waals surface area (Å²) in [6, 6.07) is 8.13. The molecular formula is C13H14ClNS. The molecular weight excluding hydrogens is 238 g/mol. The fraction of sp³-hybridized carbons (Fsp3) is 0.231. The Hall–Kier alpha value is -0.830. The molecule has 16 heavy (non-hydrogen) atoms. The maximum Gasteiger partial charge on any atom is 0.0661 e. The second kappa shape index (κ2) is 4.58. The fourth-order valence-corrected chi connectivity index (χ4v) is 3.01. The van der Waals surface area contributed by atoms with Crippen molar-refractivity contribution in [3.8, 4) is 0 Å². The Morgan fingerprint density at radius 3 is 2.62 bits per heavy atom. The topological polar surface area (TPSA) is 26.0 Å². The highest BCUT2D eigenvalue weighted by atomic mass is 35.5. The second-order valence-corrected chi connectivity index (χ2v) is 5.28. The third-order valence-electron chi connectivity index (χ3n) is 2.61. The molecule has 0 amide bonds. The standard InChI is InChI=1S/C13H14ClNS/c1-8-4-3-5-10(6-8)12(15)13-11(14)9(2)7-16-13/h3-7,12H,15H2,1-2H3. The van der Waals surface area contributed by atoms with Crippen LogP contribution in [0.3, 0.4) is 0 Å². The van der Waals surface area contributed by atoms with Gasteiger partial charge in [-0.25, -0.2) is 0 Å². The highest BCUT2D eigenvalue weighted by Gasteiger charge is 2.15. The molecule has 84 valence electrons. The molecule has 2 aromatic rings. The quantitative estimate of drug-likeness (QED) is 0.856. The predicted molar refractivity (Wildman–Crippen MR) is 71.3 cm³/mol. The van der Waals surface area contributed by atoms with E-state index < -0.39 is 0 Å². The molecule has 0 aliphatic rings. The van der Waals surface area contributed by atoms with E-state index in [0.717, 1.165) is 21.0 Å². The van der Waals surface area contributed by atoms with E-state index in [1.54, 1.807) is 11.3 Å². The van der Waals surface area contributed by atoms with Crippen molar-refractivity contribution in [2.45, 2.75) is 19.9 Å². The summed E-state index contributed by atoms with van der Waals surface area (Å²) in [5, 5.41) is 2.85. The van der Waals surface area contributed by atoms with Crippen LogP contribution in [0.4, 0.5) is 0 Å². The van der Waals surface area contributed by atoms with E-state index in [9.17, 15) is 0 Å². The summed E-state index contributed by atoms with van der Waals surface area (Å²) in [4.78, 5) is 1.05. The van der Waals surface area contributed by atoms with Crippen molar-refractivity contribution in [2.75, 3.05) is 0 Å². The molecule has 0 aliphatic heterocycles. The Balaban J connectivity index is 2.39. The van der Waals surface area contributed by atoms with Gasteiger partial charge in [0.2, 0.25) is 0 Å². The average Bonchev–Trinajstić information content (AvgIpc) is 2.59. The molecule has 0 aliphatic carbocycles. The van der Waals surface area contributed by atoms with Crippen LogP contribution >= 0.6 is 22.9 Å². The number of rotatable bonds is 2. The molecule has 1 heterocycles. The monoisotopic (exact) mass is 251 g/mol. The maximum absolute atomic E-state index is 6.23. The smallest absolute Gasteiger partial charge is 0.0661 e. The third kappa shape index (κ3) is 2.14. The summed E-state index contributed by atoms with van der Waals surface area (Å²) in [6.45, 7) is 4.07. The summed E-state index contributed by atoms with van der Waals surface area (Å²) < 4.78 is 0. The molecule has 1 unspecified atom stereocenters. The molecule has 2 rings (SSSR count). The van der Waals surface area contributed by atoms with Crippen LogP contribution in [0.15, 0.2) is 29.6 Å². The van der Waals surface area contributed by atoms with Gasteiger partial charge < -0.3 is 5.73 Å². The zero-order valence-electron chi connectivity index (χ0n) is 9.33. The van der Waals surface area contributed by atoms with E-state index in [4.69, 9.17) is 17.3 Å². The van der Waals surface area contributed by atoms with Gasteiger partial charge in [0.15, 0.2) is 0 Å². The predicted octanol–water partition coefficient (Wildman–Crippen LogP) is 4.07. The van der Waals surface area contributed by atoms with Gasteiger partial charge in [-0.05, 0) is 30.4 Å². The highest BCUT2D eigenvalue weighted by molar-refractivity contribution is 7.10. The lowest BCUT2D eigenvalue weighted by atomic mass is 10.0. The van der Waals surface area contributed by atoms with E-state index in [1.807, 2.05) is 24.4 Å². The van der Waals surface area contributed by atoms with Crippen LogP contribution in [0.25, 0.3) is 0 Å². The molecule has 0 fully saturated rings. The SMILES string of the molecule is Cc1cccc(C(N)c2scc(C)c2Cl)c1. The first-order valence-corrected chi connectivity index (χ1v) is 6.41. The van der Waals surface area contributed by atoms with Gasteiger partial charge in [0, 0.05) is 4.88 Å². The number of halogens is 1. The lowest BCUT2D eigenvalue weighted by Crippen LogP contribution is -2.10. The Morgan fingerprint density at radius 1 is 1.31 bits per heavy atom. The highest BCUT2D eigenvalue weighted by Crippen LogP contribution is 2.34. The minimum Gasteiger partial charge on any atom is -0.320 e. The number of nitrogens with two attached hydrogens (primary N) is 1. The number of aryl methyl sites for hydroxylation is 2. The normalized spacial score (nSPS) is 12.8. The lowest BCUT2D eigenvalue weighted by Gasteiger charge is -2.11. The summed E-state index contributed by atoms with van der Waals surface area (Å²) in [5.41, 5.74) is 9.66. The van der Waals surface area contributed by atoms with Crippen LogP contribution in [0.5, 0.6) is 0 Å². The molecule has 0 saturated carbocycles. The number of hydrogen-bond acceptors (Lipinski definition) is 2. The zero-order valence-corrected chi connectivity index (χ0v) is 10.9. The fourth-order valence-electron chi connectivity index (χ4n) is 1.67. The molecule has 1 atom stereocenters. The molecule has 2 N–H and O–H groups in total. The molecule has 1 aromatic heterocycles. The van der Waals surface area contributed by atoms with E-state index in [0.29, 0.717) is 0 Å². The van der Waals surface area contributed by atoms with Gasteiger partial charge in [-0.1, -0.05) is 41.4 Å². The van der Waals surface area contributed by atoms with Crippen LogP contribution in [0.2, 0.25) is 5.02 Å². The summed E-state index contributed by atoms with van der Waals surface area (Å²) in [7, 11) is 0. The van der Waals surface area contributed by atoms with Gasteiger partial charge in [-0.15, -0.1) is 11.3 Å². The van der Waals surface area contributed by atoms with Crippen LogP contribution < -0.4 is 5.73 Å². The Morgan fingerprint density at radius 2 is 2.06 bits per heavy atom. The Kier molecular flexibility index (Phi) is 3.33. The first-order chi connectivity index (χ1) is 7.59. The van der Waals surface area contributed by atoms with Crippen molar-refractivity contribution in [2.24, 2.45) is 5.73 Å². The second-order valence-electron chi connectivity index (χ2n) is 3.99. The minimum atomic E-state index is -0.119. The van der Waals surface area contributed by atoms with Crippen molar-refractivity contribution >= 4 is 22.9 Å². The molecule has 3 heteroatoms.